The Hall–Kier alpha value is -1.26. The summed E-state index contributed by atoms with van der Waals surface area (Å²) in [6.45, 7) is 5.57. The van der Waals surface area contributed by atoms with Gasteiger partial charge >= 0.3 is 12.0 Å². The second-order valence-electron chi connectivity index (χ2n) is 6.49. The number of carbonyl (C=O) groups is 2. The molecule has 0 radical (unpaired) electrons. The van der Waals surface area contributed by atoms with Gasteiger partial charge in [-0.25, -0.2) is 4.79 Å². The van der Waals surface area contributed by atoms with Gasteiger partial charge in [-0.1, -0.05) is 33.1 Å². The number of nitrogens with one attached hydrogen (secondary N) is 2. The lowest BCUT2D eigenvalue weighted by molar-refractivity contribution is -0.137. The summed E-state index contributed by atoms with van der Waals surface area (Å²) >= 11 is 0. The van der Waals surface area contributed by atoms with Crippen LogP contribution in [0.15, 0.2) is 0 Å². The van der Waals surface area contributed by atoms with E-state index < -0.39 is 5.97 Å². The van der Waals surface area contributed by atoms with E-state index in [0.717, 1.165) is 25.3 Å². The van der Waals surface area contributed by atoms with Crippen LogP contribution in [-0.4, -0.2) is 30.2 Å². The molecule has 5 heteroatoms. The first-order chi connectivity index (χ1) is 9.99. The van der Waals surface area contributed by atoms with Crippen molar-refractivity contribution >= 4 is 12.0 Å². The van der Waals surface area contributed by atoms with Crippen molar-refractivity contribution in [2.24, 2.45) is 17.8 Å². The summed E-state index contributed by atoms with van der Waals surface area (Å²) in [5.41, 5.74) is 0. The molecule has 1 aliphatic rings. The molecule has 1 aliphatic carbocycles. The molecule has 21 heavy (non-hydrogen) atoms. The fourth-order valence-electron chi connectivity index (χ4n) is 2.72. The molecule has 1 atom stereocenters. The fourth-order valence-corrected chi connectivity index (χ4v) is 2.72. The quantitative estimate of drug-likeness (QED) is 0.580. The van der Waals surface area contributed by atoms with E-state index in [4.69, 9.17) is 5.11 Å². The molecular formula is C16H30N2O3. The summed E-state index contributed by atoms with van der Waals surface area (Å²) in [7, 11) is 0. The minimum atomic E-state index is -0.748. The van der Waals surface area contributed by atoms with Gasteiger partial charge in [-0.2, -0.15) is 0 Å². The summed E-state index contributed by atoms with van der Waals surface area (Å²) in [5.74, 6) is 0.846. The lowest BCUT2D eigenvalue weighted by Gasteiger charge is -2.25. The monoisotopic (exact) mass is 298 g/mol. The van der Waals surface area contributed by atoms with Crippen LogP contribution in [-0.2, 0) is 4.79 Å². The predicted molar refractivity (Wildman–Crippen MR) is 83.2 cm³/mol. The van der Waals surface area contributed by atoms with E-state index in [9.17, 15) is 9.59 Å². The van der Waals surface area contributed by atoms with Gasteiger partial charge in [0.1, 0.15) is 0 Å². The zero-order chi connectivity index (χ0) is 15.7. The highest BCUT2D eigenvalue weighted by molar-refractivity contribution is 5.73. The lowest BCUT2D eigenvalue weighted by atomic mass is 9.83. The number of hydrogen-bond donors (Lipinski definition) is 3. The Bertz CT molecular complexity index is 327. The van der Waals surface area contributed by atoms with Crippen molar-refractivity contribution < 1.29 is 14.7 Å². The predicted octanol–water partition coefficient (Wildman–Crippen LogP) is 3.00. The maximum absolute atomic E-state index is 11.6. The third-order valence-corrected chi connectivity index (χ3v) is 4.54. The Morgan fingerprint density at radius 3 is 2.33 bits per heavy atom. The topological polar surface area (TPSA) is 78.4 Å². The Kier molecular flexibility index (Phi) is 8.16. The molecule has 0 aliphatic heterocycles. The maximum Gasteiger partial charge on any atom is 0.314 e. The van der Waals surface area contributed by atoms with Crippen molar-refractivity contribution in [1.29, 1.82) is 0 Å². The van der Waals surface area contributed by atoms with Gasteiger partial charge < -0.3 is 15.7 Å². The van der Waals surface area contributed by atoms with E-state index in [-0.39, 0.29) is 12.5 Å². The van der Waals surface area contributed by atoms with E-state index in [2.05, 4.69) is 24.5 Å². The van der Waals surface area contributed by atoms with Gasteiger partial charge in [-0.05, 0) is 37.0 Å². The normalized spacial score (nSPS) is 16.3. The maximum atomic E-state index is 11.6. The third-order valence-electron chi connectivity index (χ3n) is 4.54. The minimum Gasteiger partial charge on any atom is -0.481 e. The second-order valence-corrected chi connectivity index (χ2v) is 6.49. The van der Waals surface area contributed by atoms with Crippen LogP contribution >= 0.6 is 0 Å². The van der Waals surface area contributed by atoms with E-state index in [1.807, 2.05) is 0 Å². The summed E-state index contributed by atoms with van der Waals surface area (Å²) < 4.78 is 0. The number of amides is 2. The van der Waals surface area contributed by atoms with Crippen molar-refractivity contribution in [2.45, 2.75) is 58.8 Å². The molecule has 1 fully saturated rings. The molecule has 5 nitrogen and oxygen atoms in total. The van der Waals surface area contributed by atoms with Crippen LogP contribution in [0.3, 0.4) is 0 Å². The highest BCUT2D eigenvalue weighted by Crippen LogP contribution is 2.28. The Morgan fingerprint density at radius 2 is 1.81 bits per heavy atom. The highest BCUT2D eigenvalue weighted by atomic mass is 16.4. The van der Waals surface area contributed by atoms with Gasteiger partial charge in [-0.15, -0.1) is 0 Å². The Morgan fingerprint density at radius 1 is 1.14 bits per heavy atom. The van der Waals surface area contributed by atoms with Crippen molar-refractivity contribution in [3.05, 3.63) is 0 Å². The van der Waals surface area contributed by atoms with Gasteiger partial charge in [-0.3, -0.25) is 4.79 Å². The van der Waals surface area contributed by atoms with Crippen molar-refractivity contribution in [2.75, 3.05) is 13.1 Å². The summed E-state index contributed by atoms with van der Waals surface area (Å²) in [4.78, 5) is 22.3. The summed E-state index contributed by atoms with van der Waals surface area (Å²) in [6, 6.07) is -0.102. The first-order valence-corrected chi connectivity index (χ1v) is 8.22. The van der Waals surface area contributed by atoms with Crippen molar-refractivity contribution in [3.63, 3.8) is 0 Å². The van der Waals surface area contributed by atoms with Crippen LogP contribution in [0.5, 0.6) is 0 Å². The van der Waals surface area contributed by atoms with Crippen LogP contribution < -0.4 is 10.6 Å². The molecule has 0 aromatic carbocycles. The zero-order valence-corrected chi connectivity index (χ0v) is 13.4. The van der Waals surface area contributed by atoms with Gasteiger partial charge in [0.05, 0.1) is 0 Å². The smallest absolute Gasteiger partial charge is 0.314 e. The first kappa shape index (κ1) is 17.8. The molecule has 0 aromatic rings. The highest BCUT2D eigenvalue weighted by Gasteiger charge is 2.17. The number of carbonyl (C=O) groups excluding carboxylic acids is 1. The van der Waals surface area contributed by atoms with E-state index >= 15 is 0 Å². The average molecular weight is 298 g/mol. The molecule has 1 saturated carbocycles. The summed E-state index contributed by atoms with van der Waals surface area (Å²) in [5, 5.41) is 14.5. The molecular weight excluding hydrogens is 268 g/mol. The lowest BCUT2D eigenvalue weighted by Crippen LogP contribution is -2.38. The van der Waals surface area contributed by atoms with Gasteiger partial charge in [0.15, 0.2) is 0 Å². The molecule has 1 rings (SSSR count). The number of carboxylic acids is 1. The third kappa shape index (κ3) is 7.93. The Balaban J connectivity index is 2.07. The van der Waals surface area contributed by atoms with Crippen LogP contribution in [0.1, 0.15) is 58.8 Å². The number of rotatable bonds is 10. The molecule has 0 heterocycles. The Labute approximate surface area is 127 Å². The van der Waals surface area contributed by atoms with Crippen molar-refractivity contribution in [3.8, 4) is 0 Å². The average Bonchev–Trinajstić information content (AvgIpc) is 2.35. The summed E-state index contributed by atoms with van der Waals surface area (Å²) in [6.07, 6.45) is 6.76. The van der Waals surface area contributed by atoms with Crippen LogP contribution in [0, 0.1) is 17.8 Å². The first-order valence-electron chi connectivity index (χ1n) is 8.22. The molecule has 1 unspecified atom stereocenters. The molecule has 2 amide bonds. The van der Waals surface area contributed by atoms with E-state index in [0.29, 0.717) is 24.8 Å². The molecule has 0 saturated heterocycles. The molecule has 122 valence electrons. The number of carboxylic acid groups (broad SMARTS) is 1. The molecule has 0 spiro atoms. The van der Waals surface area contributed by atoms with Crippen LogP contribution in [0.4, 0.5) is 4.79 Å². The largest absolute Gasteiger partial charge is 0.481 e. The van der Waals surface area contributed by atoms with E-state index in [1.165, 1.54) is 19.3 Å². The SMILES string of the molecule is CC(C)C(CCNC(=O)NCCC1CCC1)CCC(=O)O. The van der Waals surface area contributed by atoms with Gasteiger partial charge in [0.2, 0.25) is 0 Å². The zero-order valence-electron chi connectivity index (χ0n) is 13.4. The van der Waals surface area contributed by atoms with Crippen LogP contribution in [0.2, 0.25) is 0 Å². The number of urea groups is 1. The second kappa shape index (κ2) is 9.64. The molecule has 0 bridgehead atoms. The number of hydrogen-bond acceptors (Lipinski definition) is 2. The van der Waals surface area contributed by atoms with Crippen LogP contribution in [0.25, 0.3) is 0 Å². The number of aliphatic carboxylic acids is 1. The van der Waals surface area contributed by atoms with Gasteiger partial charge in [0.25, 0.3) is 0 Å². The fraction of sp³-hybridized carbons (Fsp3) is 0.875. The minimum absolute atomic E-state index is 0.102. The van der Waals surface area contributed by atoms with Gasteiger partial charge in [0, 0.05) is 19.5 Å². The van der Waals surface area contributed by atoms with E-state index in [1.54, 1.807) is 0 Å². The standard InChI is InChI=1S/C16H30N2O3/c1-12(2)14(6-7-15(19)20)9-11-18-16(21)17-10-8-13-4-3-5-13/h12-14H,3-11H2,1-2H3,(H,19,20)(H2,17,18,21). The molecule has 0 aromatic heterocycles. The molecule has 3 N–H and O–H groups in total. The van der Waals surface area contributed by atoms with Crippen molar-refractivity contribution in [1.82, 2.24) is 10.6 Å².